The third-order valence-electron chi connectivity index (χ3n) is 2.32. The van der Waals surface area contributed by atoms with Crippen molar-refractivity contribution in [1.29, 1.82) is 0 Å². The molecule has 1 aromatic carbocycles. The molecular formula is C12H7Cl3FNO. The molecule has 0 amide bonds. The lowest BCUT2D eigenvalue weighted by atomic mass is 10.1. The van der Waals surface area contributed by atoms with Crippen LogP contribution in [-0.4, -0.2) is 12.1 Å². The van der Waals surface area contributed by atoms with Crippen molar-refractivity contribution in [3.8, 4) is 17.0 Å². The molecule has 0 bridgehead atoms. The van der Waals surface area contributed by atoms with Gasteiger partial charge in [-0.1, -0.05) is 34.8 Å². The lowest BCUT2D eigenvalue weighted by Crippen LogP contribution is -1.93. The Bertz CT molecular complexity index is 604. The minimum absolute atomic E-state index is 0.0966. The molecule has 2 nitrogen and oxygen atoms in total. The Morgan fingerprint density at radius 2 is 1.72 bits per heavy atom. The maximum atomic E-state index is 13.9. The summed E-state index contributed by atoms with van der Waals surface area (Å²) >= 11 is 17.7. The van der Waals surface area contributed by atoms with Crippen molar-refractivity contribution in [1.82, 2.24) is 4.98 Å². The van der Waals surface area contributed by atoms with Crippen molar-refractivity contribution in [2.75, 3.05) is 7.11 Å². The van der Waals surface area contributed by atoms with Crippen molar-refractivity contribution < 1.29 is 9.13 Å². The average molecular weight is 307 g/mol. The molecular weight excluding hydrogens is 299 g/mol. The van der Waals surface area contributed by atoms with Crippen molar-refractivity contribution >= 4 is 34.8 Å². The third-order valence-corrected chi connectivity index (χ3v) is 3.35. The second-order valence-electron chi connectivity index (χ2n) is 3.45. The van der Waals surface area contributed by atoms with Crippen LogP contribution < -0.4 is 4.74 Å². The topological polar surface area (TPSA) is 22.1 Å². The number of pyridine rings is 1. The Hall–Kier alpha value is -1.03. The molecule has 0 spiro atoms. The van der Waals surface area contributed by atoms with Crippen LogP contribution in [0.1, 0.15) is 0 Å². The van der Waals surface area contributed by atoms with E-state index < -0.39 is 5.82 Å². The monoisotopic (exact) mass is 305 g/mol. The van der Waals surface area contributed by atoms with E-state index in [2.05, 4.69) is 4.98 Å². The van der Waals surface area contributed by atoms with E-state index in [9.17, 15) is 4.39 Å². The van der Waals surface area contributed by atoms with E-state index in [4.69, 9.17) is 39.5 Å². The first-order valence-corrected chi connectivity index (χ1v) is 6.00. The van der Waals surface area contributed by atoms with Gasteiger partial charge >= 0.3 is 0 Å². The van der Waals surface area contributed by atoms with Crippen molar-refractivity contribution in [2.24, 2.45) is 0 Å². The zero-order valence-electron chi connectivity index (χ0n) is 9.18. The number of aromatic nitrogens is 1. The number of ether oxygens (including phenoxy) is 1. The molecule has 6 heteroatoms. The number of rotatable bonds is 2. The summed E-state index contributed by atoms with van der Waals surface area (Å²) in [7, 11) is 1.43. The summed E-state index contributed by atoms with van der Waals surface area (Å²) in [5.41, 5.74) is 0.477. The molecule has 1 aromatic heterocycles. The van der Waals surface area contributed by atoms with Crippen molar-refractivity contribution in [3.63, 3.8) is 0 Å². The van der Waals surface area contributed by atoms with Crippen LogP contribution in [0.15, 0.2) is 24.4 Å². The SMILES string of the molecule is COc1cnc(-c2cc(Cl)c(Cl)cc2Cl)c(F)c1. The quantitative estimate of drug-likeness (QED) is 0.739. The molecule has 1 heterocycles. The normalized spacial score (nSPS) is 10.5. The lowest BCUT2D eigenvalue weighted by molar-refractivity contribution is 0.409. The summed E-state index contributed by atoms with van der Waals surface area (Å²) in [6.07, 6.45) is 1.40. The zero-order chi connectivity index (χ0) is 13.3. The van der Waals surface area contributed by atoms with Crippen LogP contribution in [0.4, 0.5) is 4.39 Å². The van der Waals surface area contributed by atoms with Gasteiger partial charge in [-0.05, 0) is 12.1 Å². The van der Waals surface area contributed by atoms with Crippen molar-refractivity contribution in [2.45, 2.75) is 0 Å². The summed E-state index contributed by atoms with van der Waals surface area (Å²) in [4.78, 5) is 3.96. The van der Waals surface area contributed by atoms with Gasteiger partial charge in [0, 0.05) is 11.6 Å². The van der Waals surface area contributed by atoms with Crippen LogP contribution in [-0.2, 0) is 0 Å². The minimum atomic E-state index is -0.547. The van der Waals surface area contributed by atoms with Gasteiger partial charge in [-0.25, -0.2) is 9.37 Å². The lowest BCUT2D eigenvalue weighted by Gasteiger charge is -2.08. The number of halogens is 4. The van der Waals surface area contributed by atoms with Gasteiger partial charge in [0.05, 0.1) is 28.4 Å². The van der Waals surface area contributed by atoms with Crippen molar-refractivity contribution in [3.05, 3.63) is 45.3 Å². The van der Waals surface area contributed by atoms with Crippen LogP contribution >= 0.6 is 34.8 Å². The first-order valence-electron chi connectivity index (χ1n) is 4.87. The molecule has 0 saturated heterocycles. The van der Waals surface area contributed by atoms with Gasteiger partial charge in [0.1, 0.15) is 11.4 Å². The second-order valence-corrected chi connectivity index (χ2v) is 4.67. The first-order chi connectivity index (χ1) is 8.52. The third kappa shape index (κ3) is 2.53. The molecule has 0 atom stereocenters. The van der Waals surface area contributed by atoms with Crippen LogP contribution in [0.3, 0.4) is 0 Å². The molecule has 0 aliphatic rings. The van der Waals surface area contributed by atoms with Gasteiger partial charge in [0.2, 0.25) is 0 Å². The number of methoxy groups -OCH3 is 1. The summed E-state index contributed by atoms with van der Waals surface area (Å²) in [5, 5.41) is 0.869. The molecule has 0 radical (unpaired) electrons. The molecule has 94 valence electrons. The largest absolute Gasteiger partial charge is 0.495 e. The van der Waals surface area contributed by atoms with E-state index in [0.29, 0.717) is 16.3 Å². The molecule has 0 saturated carbocycles. The van der Waals surface area contributed by atoms with Gasteiger partial charge in [-0.15, -0.1) is 0 Å². The van der Waals surface area contributed by atoms with E-state index in [1.807, 2.05) is 0 Å². The highest BCUT2D eigenvalue weighted by Gasteiger charge is 2.14. The summed E-state index contributed by atoms with van der Waals surface area (Å²) in [6.45, 7) is 0. The van der Waals surface area contributed by atoms with E-state index >= 15 is 0 Å². The van der Waals surface area contributed by atoms with Gasteiger partial charge in [-0.2, -0.15) is 0 Å². The fourth-order valence-electron chi connectivity index (χ4n) is 1.43. The van der Waals surface area contributed by atoms with E-state index in [1.165, 1.54) is 31.5 Å². The van der Waals surface area contributed by atoms with Gasteiger partial charge in [-0.3, -0.25) is 0 Å². The smallest absolute Gasteiger partial charge is 0.153 e. The fraction of sp³-hybridized carbons (Fsp3) is 0.0833. The molecule has 0 aliphatic carbocycles. The Morgan fingerprint density at radius 1 is 1.06 bits per heavy atom. The van der Waals surface area contributed by atoms with Crippen LogP contribution in [0.2, 0.25) is 15.1 Å². The molecule has 2 rings (SSSR count). The number of hydrogen-bond acceptors (Lipinski definition) is 2. The van der Waals surface area contributed by atoms with E-state index in [1.54, 1.807) is 0 Å². The molecule has 2 aromatic rings. The fourth-order valence-corrected chi connectivity index (χ4v) is 2.07. The molecule has 0 fully saturated rings. The molecule has 0 N–H and O–H groups in total. The molecule has 0 unspecified atom stereocenters. The predicted molar refractivity (Wildman–Crippen MR) is 71.2 cm³/mol. The Labute approximate surface area is 118 Å². The first kappa shape index (κ1) is 13.4. The van der Waals surface area contributed by atoms with Crippen LogP contribution in [0, 0.1) is 5.82 Å². The highest BCUT2D eigenvalue weighted by Crippen LogP contribution is 2.35. The van der Waals surface area contributed by atoms with Crippen LogP contribution in [0.5, 0.6) is 5.75 Å². The Balaban J connectivity index is 2.58. The number of nitrogens with zero attached hydrogens (tertiary/aromatic N) is 1. The highest BCUT2D eigenvalue weighted by atomic mass is 35.5. The second kappa shape index (κ2) is 5.31. The number of benzene rings is 1. The summed E-state index contributed by atoms with van der Waals surface area (Å²) in [6, 6.07) is 4.15. The molecule has 18 heavy (non-hydrogen) atoms. The standard InChI is InChI=1S/C12H7Cl3FNO/c1-18-6-2-11(16)12(17-5-6)7-3-9(14)10(15)4-8(7)13/h2-5H,1H3. The minimum Gasteiger partial charge on any atom is -0.495 e. The van der Waals surface area contributed by atoms with E-state index in [-0.39, 0.29) is 15.7 Å². The number of hydrogen-bond donors (Lipinski definition) is 0. The summed E-state index contributed by atoms with van der Waals surface area (Å²) in [5.74, 6) is -0.220. The predicted octanol–water partition coefficient (Wildman–Crippen LogP) is 4.86. The summed E-state index contributed by atoms with van der Waals surface area (Å²) < 4.78 is 18.7. The molecule has 0 aliphatic heterocycles. The Morgan fingerprint density at radius 3 is 2.33 bits per heavy atom. The average Bonchev–Trinajstić information content (AvgIpc) is 2.34. The van der Waals surface area contributed by atoms with E-state index in [0.717, 1.165) is 0 Å². The Kier molecular flexibility index (Phi) is 3.95. The van der Waals surface area contributed by atoms with Gasteiger partial charge < -0.3 is 4.74 Å². The van der Waals surface area contributed by atoms with Gasteiger partial charge in [0.15, 0.2) is 5.82 Å². The highest BCUT2D eigenvalue weighted by molar-refractivity contribution is 6.44. The zero-order valence-corrected chi connectivity index (χ0v) is 11.4. The maximum absolute atomic E-state index is 13.9. The van der Waals surface area contributed by atoms with Gasteiger partial charge in [0.25, 0.3) is 0 Å². The van der Waals surface area contributed by atoms with Crippen LogP contribution in [0.25, 0.3) is 11.3 Å². The maximum Gasteiger partial charge on any atom is 0.153 e.